The molecule has 1 saturated carbocycles. The van der Waals surface area contributed by atoms with Crippen LogP contribution in [0.1, 0.15) is 50.9 Å². The summed E-state index contributed by atoms with van der Waals surface area (Å²) in [7, 11) is 1.71. The first kappa shape index (κ1) is 14.4. The van der Waals surface area contributed by atoms with E-state index in [2.05, 4.69) is 27.8 Å². The van der Waals surface area contributed by atoms with Gasteiger partial charge in [0, 0.05) is 13.7 Å². The first-order valence-electron chi connectivity index (χ1n) is 7.29. The molecule has 0 saturated heterocycles. The zero-order valence-electron chi connectivity index (χ0n) is 12.0. The highest BCUT2D eigenvalue weighted by Gasteiger charge is 2.24. The summed E-state index contributed by atoms with van der Waals surface area (Å²) in [5, 5.41) is 15.4. The van der Waals surface area contributed by atoms with Crippen molar-refractivity contribution in [2.75, 3.05) is 20.3 Å². The van der Waals surface area contributed by atoms with Gasteiger partial charge in [-0.1, -0.05) is 19.3 Å². The fourth-order valence-electron chi connectivity index (χ4n) is 2.84. The monoisotopic (exact) mass is 267 g/mol. The maximum Gasteiger partial charge on any atom is 0.165 e. The Hall–Kier alpha value is -1.01. The van der Waals surface area contributed by atoms with E-state index in [9.17, 15) is 0 Å². The van der Waals surface area contributed by atoms with Crippen LogP contribution in [0.5, 0.6) is 0 Å². The van der Waals surface area contributed by atoms with Gasteiger partial charge in [0.25, 0.3) is 0 Å². The van der Waals surface area contributed by atoms with Gasteiger partial charge < -0.3 is 10.1 Å². The number of hydrogen-bond donors (Lipinski definition) is 1. The van der Waals surface area contributed by atoms with Crippen molar-refractivity contribution in [1.82, 2.24) is 25.5 Å². The number of methoxy groups -OCH3 is 1. The SMILES string of the molecule is COCCNCc1nnnn1C(C)C1CCCCC1. The number of tetrazole rings is 1. The molecule has 19 heavy (non-hydrogen) atoms. The summed E-state index contributed by atoms with van der Waals surface area (Å²) < 4.78 is 7.01. The molecule has 1 heterocycles. The van der Waals surface area contributed by atoms with E-state index in [-0.39, 0.29) is 0 Å². The maximum absolute atomic E-state index is 5.01. The Morgan fingerprint density at radius 1 is 1.37 bits per heavy atom. The average Bonchev–Trinajstić information content (AvgIpc) is 2.92. The lowest BCUT2D eigenvalue weighted by Gasteiger charge is -2.27. The standard InChI is InChI=1S/C13H25N5O/c1-11(12-6-4-3-5-7-12)18-13(15-16-17-18)10-14-8-9-19-2/h11-12,14H,3-10H2,1-2H3. The molecule has 0 aliphatic heterocycles. The lowest BCUT2D eigenvalue weighted by atomic mass is 9.84. The normalized spacial score (nSPS) is 18.6. The molecule has 0 spiro atoms. The summed E-state index contributed by atoms with van der Waals surface area (Å²) in [4.78, 5) is 0. The summed E-state index contributed by atoms with van der Waals surface area (Å²) >= 11 is 0. The van der Waals surface area contributed by atoms with E-state index in [4.69, 9.17) is 4.74 Å². The second-order valence-corrected chi connectivity index (χ2v) is 5.35. The molecule has 0 radical (unpaired) electrons. The Labute approximate surface area is 114 Å². The zero-order valence-corrected chi connectivity index (χ0v) is 12.0. The summed E-state index contributed by atoms with van der Waals surface area (Å²) in [6.45, 7) is 4.47. The highest BCUT2D eigenvalue weighted by molar-refractivity contribution is 4.86. The van der Waals surface area contributed by atoms with Gasteiger partial charge in [0.05, 0.1) is 19.2 Å². The second kappa shape index (κ2) is 7.55. The predicted molar refractivity (Wildman–Crippen MR) is 72.7 cm³/mol. The van der Waals surface area contributed by atoms with Crippen LogP contribution in [0.15, 0.2) is 0 Å². The van der Waals surface area contributed by atoms with Gasteiger partial charge in [-0.15, -0.1) is 5.10 Å². The van der Waals surface area contributed by atoms with E-state index in [1.807, 2.05) is 4.68 Å². The van der Waals surface area contributed by atoms with Gasteiger partial charge in [-0.2, -0.15) is 0 Å². The lowest BCUT2D eigenvalue weighted by Crippen LogP contribution is -2.26. The van der Waals surface area contributed by atoms with Crippen molar-refractivity contribution in [3.05, 3.63) is 5.82 Å². The number of hydrogen-bond acceptors (Lipinski definition) is 5. The zero-order chi connectivity index (χ0) is 13.5. The van der Waals surface area contributed by atoms with Crippen LogP contribution in [0.25, 0.3) is 0 Å². The third kappa shape index (κ3) is 3.98. The van der Waals surface area contributed by atoms with Crippen molar-refractivity contribution in [2.45, 2.75) is 51.6 Å². The molecule has 108 valence electrons. The molecule has 1 aliphatic rings. The van der Waals surface area contributed by atoms with Crippen molar-refractivity contribution < 1.29 is 4.74 Å². The van der Waals surface area contributed by atoms with Crippen LogP contribution >= 0.6 is 0 Å². The van der Waals surface area contributed by atoms with Gasteiger partial charge in [-0.3, -0.25) is 0 Å². The molecule has 0 bridgehead atoms. The fraction of sp³-hybridized carbons (Fsp3) is 0.923. The van der Waals surface area contributed by atoms with Crippen molar-refractivity contribution in [1.29, 1.82) is 0 Å². The van der Waals surface area contributed by atoms with Crippen molar-refractivity contribution in [3.63, 3.8) is 0 Å². The minimum Gasteiger partial charge on any atom is -0.383 e. The summed E-state index contributed by atoms with van der Waals surface area (Å²) in [6, 6.07) is 0.398. The molecular weight excluding hydrogens is 242 g/mol. The number of nitrogens with one attached hydrogen (secondary N) is 1. The average molecular weight is 267 g/mol. The third-order valence-electron chi connectivity index (χ3n) is 4.04. The molecule has 6 heteroatoms. The molecule has 1 atom stereocenters. The topological polar surface area (TPSA) is 64.9 Å². The minimum atomic E-state index is 0.398. The van der Waals surface area contributed by atoms with Crippen molar-refractivity contribution in [2.24, 2.45) is 5.92 Å². The Balaban J connectivity index is 1.90. The van der Waals surface area contributed by atoms with E-state index in [0.29, 0.717) is 19.2 Å². The van der Waals surface area contributed by atoms with Gasteiger partial charge in [-0.05, 0) is 36.1 Å². The quantitative estimate of drug-likeness (QED) is 0.759. The molecule has 1 unspecified atom stereocenters. The number of aromatic nitrogens is 4. The highest BCUT2D eigenvalue weighted by Crippen LogP contribution is 2.32. The molecule has 2 rings (SSSR count). The van der Waals surface area contributed by atoms with Crippen molar-refractivity contribution in [3.8, 4) is 0 Å². The molecule has 1 aromatic heterocycles. The van der Waals surface area contributed by atoms with E-state index in [1.165, 1.54) is 32.1 Å². The predicted octanol–water partition coefficient (Wildman–Crippen LogP) is 1.55. The van der Waals surface area contributed by atoms with Crippen LogP contribution in [0.3, 0.4) is 0 Å². The van der Waals surface area contributed by atoms with E-state index in [0.717, 1.165) is 18.3 Å². The largest absolute Gasteiger partial charge is 0.383 e. The molecule has 1 aromatic rings. The molecule has 1 aliphatic carbocycles. The molecule has 1 N–H and O–H groups in total. The van der Waals surface area contributed by atoms with Crippen LogP contribution in [0.4, 0.5) is 0 Å². The van der Waals surface area contributed by atoms with Gasteiger partial charge in [0.2, 0.25) is 0 Å². The van der Waals surface area contributed by atoms with Gasteiger partial charge in [0.1, 0.15) is 0 Å². The van der Waals surface area contributed by atoms with Crippen LogP contribution in [0, 0.1) is 5.92 Å². The smallest absolute Gasteiger partial charge is 0.165 e. The van der Waals surface area contributed by atoms with E-state index in [1.54, 1.807) is 7.11 Å². The third-order valence-corrected chi connectivity index (χ3v) is 4.04. The Bertz CT molecular complexity index is 362. The first-order chi connectivity index (χ1) is 9.33. The van der Waals surface area contributed by atoms with Gasteiger partial charge in [0.15, 0.2) is 5.82 Å². The minimum absolute atomic E-state index is 0.398. The Kier molecular flexibility index (Phi) is 5.72. The van der Waals surface area contributed by atoms with Crippen LogP contribution in [0.2, 0.25) is 0 Å². The van der Waals surface area contributed by atoms with Crippen molar-refractivity contribution >= 4 is 0 Å². The lowest BCUT2D eigenvalue weighted by molar-refractivity contribution is 0.198. The fourth-order valence-corrected chi connectivity index (χ4v) is 2.84. The summed E-state index contributed by atoms with van der Waals surface area (Å²) in [6.07, 6.45) is 6.68. The molecule has 0 amide bonds. The van der Waals surface area contributed by atoms with Crippen LogP contribution in [-0.2, 0) is 11.3 Å². The Morgan fingerprint density at radius 3 is 2.89 bits per heavy atom. The van der Waals surface area contributed by atoms with E-state index < -0.39 is 0 Å². The second-order valence-electron chi connectivity index (χ2n) is 5.35. The number of rotatable bonds is 7. The van der Waals surface area contributed by atoms with Gasteiger partial charge >= 0.3 is 0 Å². The van der Waals surface area contributed by atoms with E-state index >= 15 is 0 Å². The molecule has 0 aromatic carbocycles. The number of nitrogens with zero attached hydrogens (tertiary/aromatic N) is 4. The number of ether oxygens (including phenoxy) is 1. The van der Waals surface area contributed by atoms with Crippen LogP contribution in [-0.4, -0.2) is 40.5 Å². The maximum atomic E-state index is 5.01. The summed E-state index contributed by atoms with van der Waals surface area (Å²) in [5.74, 6) is 1.64. The van der Waals surface area contributed by atoms with Crippen LogP contribution < -0.4 is 5.32 Å². The molecular formula is C13H25N5O. The van der Waals surface area contributed by atoms with Gasteiger partial charge in [-0.25, -0.2) is 4.68 Å². The summed E-state index contributed by atoms with van der Waals surface area (Å²) in [5.41, 5.74) is 0. The first-order valence-corrected chi connectivity index (χ1v) is 7.29. The Morgan fingerprint density at radius 2 is 2.16 bits per heavy atom. The molecule has 6 nitrogen and oxygen atoms in total. The highest BCUT2D eigenvalue weighted by atomic mass is 16.5. The molecule has 1 fully saturated rings.